The Balaban J connectivity index is 1.38. The van der Waals surface area contributed by atoms with Gasteiger partial charge in [0, 0.05) is 28.8 Å². The molecule has 1 aromatic heterocycles. The number of fused-ring (bicyclic) bond motifs is 1. The molecule has 0 atom stereocenters. The minimum absolute atomic E-state index is 0.00402. The molecule has 0 saturated carbocycles. The smallest absolute Gasteiger partial charge is 0.237 e. The number of nitrogens with zero attached hydrogens (tertiary/aromatic N) is 2. The van der Waals surface area contributed by atoms with Crippen molar-refractivity contribution in [2.24, 2.45) is 0 Å². The Kier molecular flexibility index (Phi) is 5.40. The first-order valence-corrected chi connectivity index (χ1v) is 10.5. The number of carbonyl (C=O) groups excluding carboxylic acids is 2. The van der Waals surface area contributed by atoms with Crippen LogP contribution in [0.3, 0.4) is 0 Å². The molecule has 8 heteroatoms. The van der Waals surface area contributed by atoms with E-state index in [1.165, 1.54) is 35.2 Å². The van der Waals surface area contributed by atoms with E-state index in [1.54, 1.807) is 17.0 Å². The van der Waals surface area contributed by atoms with E-state index < -0.39 is 0 Å². The maximum atomic E-state index is 13.0. The van der Waals surface area contributed by atoms with Crippen molar-refractivity contribution in [3.63, 3.8) is 0 Å². The first-order valence-electron chi connectivity index (χ1n) is 8.64. The van der Waals surface area contributed by atoms with Crippen LogP contribution < -0.4 is 10.2 Å². The van der Waals surface area contributed by atoms with Crippen molar-refractivity contribution in [1.29, 1.82) is 0 Å². The Hall–Kier alpha value is -2.71. The predicted molar refractivity (Wildman–Crippen MR) is 110 cm³/mol. The molecule has 1 aliphatic heterocycles. The second kappa shape index (κ2) is 8.12. The van der Waals surface area contributed by atoms with Crippen LogP contribution in [0, 0.1) is 5.82 Å². The highest BCUT2D eigenvalue weighted by Gasteiger charge is 2.24. The molecule has 4 rings (SSSR count). The van der Waals surface area contributed by atoms with Gasteiger partial charge in [0.05, 0.1) is 17.1 Å². The zero-order valence-electron chi connectivity index (χ0n) is 14.7. The molecule has 0 bridgehead atoms. The highest BCUT2D eigenvalue weighted by atomic mass is 32.2. The second-order valence-electron chi connectivity index (χ2n) is 6.14. The number of anilines is 2. The molecule has 2 amide bonds. The standard InChI is InChI=1S/C20H16FN3O2S2/c21-14-7-5-13(6-8-14)15-11-28-20(22-15)23-18(25)9-10-24-16-3-1-2-4-17(16)27-12-19(24)26/h1-8,11H,9-10,12H2,(H,22,23,25). The number of nitrogens with one attached hydrogen (secondary N) is 1. The van der Waals surface area contributed by atoms with Gasteiger partial charge in [-0.25, -0.2) is 9.37 Å². The lowest BCUT2D eigenvalue weighted by atomic mass is 10.2. The van der Waals surface area contributed by atoms with E-state index in [2.05, 4.69) is 10.3 Å². The number of aromatic nitrogens is 1. The lowest BCUT2D eigenvalue weighted by molar-refractivity contribution is -0.117. The summed E-state index contributed by atoms with van der Waals surface area (Å²) in [6, 6.07) is 13.7. The fraction of sp³-hybridized carbons (Fsp3) is 0.150. The van der Waals surface area contributed by atoms with Crippen LogP contribution in [0.4, 0.5) is 15.2 Å². The highest BCUT2D eigenvalue weighted by Crippen LogP contribution is 2.35. The number of amides is 2. The molecule has 0 aliphatic carbocycles. The molecule has 0 saturated heterocycles. The van der Waals surface area contributed by atoms with E-state index >= 15 is 0 Å². The third-order valence-electron chi connectivity index (χ3n) is 4.26. The normalized spacial score (nSPS) is 13.3. The fourth-order valence-corrected chi connectivity index (χ4v) is 4.55. The Bertz CT molecular complexity index is 1020. The van der Waals surface area contributed by atoms with Crippen molar-refractivity contribution in [2.75, 3.05) is 22.5 Å². The Labute approximate surface area is 169 Å². The molecule has 0 unspecified atom stereocenters. The first kappa shape index (κ1) is 18.6. The van der Waals surface area contributed by atoms with Crippen LogP contribution in [0.1, 0.15) is 6.42 Å². The van der Waals surface area contributed by atoms with Crippen LogP contribution in [0.15, 0.2) is 58.8 Å². The first-order chi connectivity index (χ1) is 13.6. The average Bonchev–Trinajstić information content (AvgIpc) is 3.16. The van der Waals surface area contributed by atoms with E-state index in [4.69, 9.17) is 0 Å². The Morgan fingerprint density at radius 2 is 1.96 bits per heavy atom. The van der Waals surface area contributed by atoms with Gasteiger partial charge in [-0.15, -0.1) is 23.1 Å². The van der Waals surface area contributed by atoms with Crippen molar-refractivity contribution >= 4 is 45.7 Å². The van der Waals surface area contributed by atoms with Gasteiger partial charge in [0.1, 0.15) is 5.82 Å². The van der Waals surface area contributed by atoms with Gasteiger partial charge in [0.15, 0.2) is 5.13 Å². The average molecular weight is 413 g/mol. The van der Waals surface area contributed by atoms with Gasteiger partial charge in [-0.05, 0) is 36.4 Å². The summed E-state index contributed by atoms with van der Waals surface area (Å²) in [6.45, 7) is 0.318. The van der Waals surface area contributed by atoms with Crippen molar-refractivity contribution in [3.8, 4) is 11.3 Å². The molecule has 5 nitrogen and oxygen atoms in total. The zero-order valence-corrected chi connectivity index (χ0v) is 16.4. The van der Waals surface area contributed by atoms with Crippen LogP contribution in [-0.4, -0.2) is 29.1 Å². The number of thioether (sulfide) groups is 1. The number of benzene rings is 2. The van der Waals surface area contributed by atoms with Gasteiger partial charge in [0.2, 0.25) is 11.8 Å². The molecule has 2 aromatic carbocycles. The summed E-state index contributed by atoms with van der Waals surface area (Å²) in [6.07, 6.45) is 0.177. The molecule has 1 aliphatic rings. The maximum Gasteiger partial charge on any atom is 0.237 e. The SMILES string of the molecule is O=C(CCN1C(=O)CSc2ccccc21)Nc1nc(-c2ccc(F)cc2)cs1. The number of hydrogen-bond acceptors (Lipinski definition) is 5. The fourth-order valence-electron chi connectivity index (χ4n) is 2.88. The number of hydrogen-bond donors (Lipinski definition) is 1. The van der Waals surface area contributed by atoms with Crippen LogP contribution in [-0.2, 0) is 9.59 Å². The zero-order chi connectivity index (χ0) is 19.5. The van der Waals surface area contributed by atoms with Gasteiger partial charge in [-0.2, -0.15) is 0 Å². The van der Waals surface area contributed by atoms with Crippen molar-refractivity contribution in [3.05, 3.63) is 59.7 Å². The van der Waals surface area contributed by atoms with Crippen LogP contribution >= 0.6 is 23.1 Å². The summed E-state index contributed by atoms with van der Waals surface area (Å²) in [5.74, 6) is -0.126. The van der Waals surface area contributed by atoms with Gasteiger partial charge in [0.25, 0.3) is 0 Å². The molecule has 3 aromatic rings. The summed E-state index contributed by atoms with van der Waals surface area (Å²) < 4.78 is 13.0. The Morgan fingerprint density at radius 1 is 1.18 bits per heavy atom. The number of rotatable bonds is 5. The molecule has 2 heterocycles. The summed E-state index contributed by atoms with van der Waals surface area (Å²) in [7, 11) is 0. The molecule has 0 fully saturated rings. The van der Waals surface area contributed by atoms with Crippen LogP contribution in [0.25, 0.3) is 11.3 Å². The summed E-state index contributed by atoms with van der Waals surface area (Å²) in [4.78, 5) is 31.7. The summed E-state index contributed by atoms with van der Waals surface area (Å²) in [5.41, 5.74) is 2.31. The molecule has 1 N–H and O–H groups in total. The molecule has 142 valence electrons. The molecular formula is C20H16FN3O2S2. The summed E-state index contributed by atoms with van der Waals surface area (Å²) in [5, 5.41) is 5.06. The lowest BCUT2D eigenvalue weighted by Gasteiger charge is -2.28. The Morgan fingerprint density at radius 3 is 2.79 bits per heavy atom. The maximum absolute atomic E-state index is 13.0. The van der Waals surface area contributed by atoms with Crippen molar-refractivity contribution in [2.45, 2.75) is 11.3 Å². The lowest BCUT2D eigenvalue weighted by Crippen LogP contribution is -2.37. The largest absolute Gasteiger partial charge is 0.310 e. The van der Waals surface area contributed by atoms with Gasteiger partial charge in [-0.3, -0.25) is 9.59 Å². The van der Waals surface area contributed by atoms with Crippen LogP contribution in [0.5, 0.6) is 0 Å². The molecular weight excluding hydrogens is 397 g/mol. The number of thiazole rings is 1. The van der Waals surface area contributed by atoms with E-state index in [-0.39, 0.29) is 24.1 Å². The third-order valence-corrected chi connectivity index (χ3v) is 6.07. The van der Waals surface area contributed by atoms with Crippen molar-refractivity contribution < 1.29 is 14.0 Å². The summed E-state index contributed by atoms with van der Waals surface area (Å²) >= 11 is 2.82. The number of carbonyl (C=O) groups is 2. The van der Waals surface area contributed by atoms with Gasteiger partial charge < -0.3 is 10.2 Å². The third kappa shape index (κ3) is 4.07. The molecule has 0 radical (unpaired) electrons. The molecule has 28 heavy (non-hydrogen) atoms. The minimum Gasteiger partial charge on any atom is -0.310 e. The van der Waals surface area contributed by atoms with Crippen molar-refractivity contribution in [1.82, 2.24) is 4.98 Å². The van der Waals surface area contributed by atoms with E-state index in [9.17, 15) is 14.0 Å². The minimum atomic E-state index is -0.306. The van der Waals surface area contributed by atoms with Gasteiger partial charge in [-0.1, -0.05) is 12.1 Å². The monoisotopic (exact) mass is 413 g/mol. The number of halogens is 1. The second-order valence-corrected chi connectivity index (χ2v) is 8.02. The molecule has 0 spiro atoms. The quantitative estimate of drug-likeness (QED) is 0.673. The van der Waals surface area contributed by atoms with E-state index in [0.717, 1.165) is 16.1 Å². The number of para-hydroxylation sites is 1. The van der Waals surface area contributed by atoms with E-state index in [1.807, 2.05) is 29.6 Å². The topological polar surface area (TPSA) is 62.3 Å². The van der Waals surface area contributed by atoms with Crippen LogP contribution in [0.2, 0.25) is 0 Å². The van der Waals surface area contributed by atoms with Gasteiger partial charge >= 0.3 is 0 Å². The van der Waals surface area contributed by atoms with E-state index in [0.29, 0.717) is 23.1 Å². The highest BCUT2D eigenvalue weighted by molar-refractivity contribution is 8.00. The predicted octanol–water partition coefficient (Wildman–Crippen LogP) is 4.42.